The van der Waals surface area contributed by atoms with E-state index in [2.05, 4.69) is 15.3 Å². The van der Waals surface area contributed by atoms with Crippen LogP contribution in [0.1, 0.15) is 11.3 Å². The third-order valence-electron chi connectivity index (χ3n) is 1.88. The zero-order chi connectivity index (χ0) is 9.97. The van der Waals surface area contributed by atoms with Crippen LogP contribution in [0.15, 0.2) is 24.7 Å². The number of aromatic nitrogens is 4. The van der Waals surface area contributed by atoms with Gasteiger partial charge in [-0.2, -0.15) is 0 Å². The Labute approximate surface area is 81.6 Å². The van der Waals surface area contributed by atoms with Crippen molar-refractivity contribution in [2.24, 2.45) is 5.73 Å². The van der Waals surface area contributed by atoms with Gasteiger partial charge in [0.15, 0.2) is 0 Å². The smallest absolute Gasteiger partial charge is 0.0967 e. The summed E-state index contributed by atoms with van der Waals surface area (Å²) in [6, 6.07) is 1.99. The molecule has 2 N–H and O–H groups in total. The zero-order valence-corrected chi connectivity index (χ0v) is 7.88. The molecular weight excluding hydrogens is 178 g/mol. The third kappa shape index (κ3) is 1.62. The van der Waals surface area contributed by atoms with E-state index in [1.165, 1.54) is 0 Å². The van der Waals surface area contributed by atoms with Crippen LogP contribution in [0.3, 0.4) is 0 Å². The highest BCUT2D eigenvalue weighted by Gasteiger charge is 2.01. The number of hydrogen-bond donors (Lipinski definition) is 1. The molecule has 0 amide bonds. The van der Waals surface area contributed by atoms with Gasteiger partial charge in [0.05, 0.1) is 23.8 Å². The molecule has 2 rings (SSSR count). The summed E-state index contributed by atoms with van der Waals surface area (Å²) in [5.41, 5.74) is 8.20. The fourth-order valence-corrected chi connectivity index (χ4v) is 1.18. The molecule has 0 spiro atoms. The Bertz CT molecular complexity index is 434. The highest BCUT2D eigenvalue weighted by molar-refractivity contribution is 5.30. The van der Waals surface area contributed by atoms with Crippen LogP contribution in [0.25, 0.3) is 5.69 Å². The number of nitrogens with two attached hydrogens (primary N) is 1. The molecule has 0 aliphatic carbocycles. The van der Waals surface area contributed by atoms with Gasteiger partial charge in [0.2, 0.25) is 0 Å². The lowest BCUT2D eigenvalue weighted by molar-refractivity contribution is 0.792. The summed E-state index contributed by atoms with van der Waals surface area (Å²) >= 11 is 0. The first-order valence-corrected chi connectivity index (χ1v) is 4.33. The van der Waals surface area contributed by atoms with Gasteiger partial charge in [0.1, 0.15) is 0 Å². The van der Waals surface area contributed by atoms with Crippen LogP contribution in [0.4, 0.5) is 0 Å². The number of nitrogens with zero attached hydrogens (tertiary/aromatic N) is 4. The highest BCUT2D eigenvalue weighted by atomic mass is 15.4. The summed E-state index contributed by atoms with van der Waals surface area (Å²) in [5.74, 6) is 0. The predicted octanol–water partition coefficient (Wildman–Crippen LogP) is 0.429. The van der Waals surface area contributed by atoms with E-state index in [4.69, 9.17) is 5.73 Å². The summed E-state index contributed by atoms with van der Waals surface area (Å²) in [6.45, 7) is 2.39. The molecule has 2 aromatic rings. The maximum atomic E-state index is 5.44. The minimum Gasteiger partial charge on any atom is -0.325 e. The molecule has 0 unspecified atom stereocenters. The Morgan fingerprint density at radius 3 is 2.93 bits per heavy atom. The quantitative estimate of drug-likeness (QED) is 0.743. The molecule has 72 valence electrons. The van der Waals surface area contributed by atoms with Crippen LogP contribution in [0.2, 0.25) is 0 Å². The van der Waals surface area contributed by atoms with Gasteiger partial charge < -0.3 is 5.73 Å². The molecule has 0 bridgehead atoms. The first-order chi connectivity index (χ1) is 6.79. The van der Waals surface area contributed by atoms with Gasteiger partial charge in [-0.05, 0) is 18.6 Å². The normalized spacial score (nSPS) is 10.4. The van der Waals surface area contributed by atoms with Crippen molar-refractivity contribution in [3.05, 3.63) is 35.9 Å². The van der Waals surface area contributed by atoms with E-state index in [-0.39, 0.29) is 0 Å². The minimum atomic E-state index is 0.402. The van der Waals surface area contributed by atoms with E-state index in [1.54, 1.807) is 23.3 Å². The van der Waals surface area contributed by atoms with Crippen molar-refractivity contribution in [1.29, 1.82) is 0 Å². The molecule has 0 saturated carbocycles. The largest absolute Gasteiger partial charge is 0.325 e. The van der Waals surface area contributed by atoms with Gasteiger partial charge in [-0.3, -0.25) is 4.98 Å². The van der Waals surface area contributed by atoms with Crippen molar-refractivity contribution in [3.63, 3.8) is 0 Å². The van der Waals surface area contributed by atoms with Crippen molar-refractivity contribution >= 4 is 0 Å². The molecule has 0 saturated heterocycles. The molecule has 0 atom stereocenters. The van der Waals surface area contributed by atoms with E-state index in [0.717, 1.165) is 16.9 Å². The summed E-state index contributed by atoms with van der Waals surface area (Å²) in [4.78, 5) is 4.08. The number of hydrogen-bond acceptors (Lipinski definition) is 4. The third-order valence-corrected chi connectivity index (χ3v) is 1.88. The molecular formula is C9H11N5. The van der Waals surface area contributed by atoms with Gasteiger partial charge in [0.25, 0.3) is 0 Å². The SMILES string of the molecule is Cc1cncc(-n2cc(CN)nn2)c1. The van der Waals surface area contributed by atoms with Gasteiger partial charge in [-0.1, -0.05) is 5.21 Å². The Morgan fingerprint density at radius 2 is 2.29 bits per heavy atom. The van der Waals surface area contributed by atoms with Crippen LogP contribution < -0.4 is 5.73 Å². The first-order valence-electron chi connectivity index (χ1n) is 4.33. The summed E-state index contributed by atoms with van der Waals surface area (Å²) in [6.07, 6.45) is 5.34. The van der Waals surface area contributed by atoms with Crippen LogP contribution in [-0.4, -0.2) is 20.0 Å². The second-order valence-electron chi connectivity index (χ2n) is 3.08. The second-order valence-corrected chi connectivity index (χ2v) is 3.08. The van der Waals surface area contributed by atoms with E-state index in [9.17, 15) is 0 Å². The van der Waals surface area contributed by atoms with E-state index >= 15 is 0 Å². The molecule has 0 aliphatic heterocycles. The van der Waals surface area contributed by atoms with Crippen molar-refractivity contribution < 1.29 is 0 Å². The van der Waals surface area contributed by atoms with Crippen molar-refractivity contribution in [2.75, 3.05) is 0 Å². The first kappa shape index (κ1) is 8.83. The molecule has 0 fully saturated rings. The van der Waals surface area contributed by atoms with Crippen LogP contribution in [-0.2, 0) is 6.54 Å². The molecule has 14 heavy (non-hydrogen) atoms. The molecule has 0 aromatic carbocycles. The molecule has 5 heteroatoms. The summed E-state index contributed by atoms with van der Waals surface area (Å²) < 4.78 is 1.67. The van der Waals surface area contributed by atoms with Gasteiger partial charge >= 0.3 is 0 Å². The molecule has 2 aromatic heterocycles. The Hall–Kier alpha value is -1.75. The Morgan fingerprint density at radius 1 is 1.43 bits per heavy atom. The van der Waals surface area contributed by atoms with E-state index in [1.807, 2.05) is 13.0 Å². The lowest BCUT2D eigenvalue weighted by atomic mass is 10.3. The summed E-state index contributed by atoms with van der Waals surface area (Å²) in [5, 5.41) is 7.85. The van der Waals surface area contributed by atoms with Gasteiger partial charge in [-0.15, -0.1) is 5.10 Å². The Kier molecular flexibility index (Phi) is 2.24. The number of pyridine rings is 1. The van der Waals surface area contributed by atoms with E-state index in [0.29, 0.717) is 6.54 Å². The Balaban J connectivity index is 2.39. The van der Waals surface area contributed by atoms with Crippen LogP contribution >= 0.6 is 0 Å². The predicted molar refractivity (Wildman–Crippen MR) is 51.8 cm³/mol. The average molecular weight is 189 g/mol. The lowest BCUT2D eigenvalue weighted by Crippen LogP contribution is -1.96. The van der Waals surface area contributed by atoms with Crippen LogP contribution in [0.5, 0.6) is 0 Å². The highest BCUT2D eigenvalue weighted by Crippen LogP contribution is 2.06. The molecule has 5 nitrogen and oxygen atoms in total. The monoisotopic (exact) mass is 189 g/mol. The van der Waals surface area contributed by atoms with Crippen LogP contribution in [0, 0.1) is 6.92 Å². The molecule has 2 heterocycles. The van der Waals surface area contributed by atoms with Gasteiger partial charge in [-0.25, -0.2) is 4.68 Å². The topological polar surface area (TPSA) is 69.6 Å². The fourth-order valence-electron chi connectivity index (χ4n) is 1.18. The van der Waals surface area contributed by atoms with Crippen molar-refractivity contribution in [1.82, 2.24) is 20.0 Å². The minimum absolute atomic E-state index is 0.402. The fraction of sp³-hybridized carbons (Fsp3) is 0.222. The number of aryl methyl sites for hydroxylation is 1. The summed E-state index contributed by atoms with van der Waals surface area (Å²) in [7, 11) is 0. The zero-order valence-electron chi connectivity index (χ0n) is 7.88. The second kappa shape index (κ2) is 3.55. The molecule has 0 aliphatic rings. The van der Waals surface area contributed by atoms with Crippen molar-refractivity contribution in [3.8, 4) is 5.69 Å². The molecule has 0 radical (unpaired) electrons. The maximum Gasteiger partial charge on any atom is 0.0967 e. The lowest BCUT2D eigenvalue weighted by Gasteiger charge is -1.99. The maximum absolute atomic E-state index is 5.44. The van der Waals surface area contributed by atoms with Gasteiger partial charge in [0, 0.05) is 12.7 Å². The van der Waals surface area contributed by atoms with E-state index < -0.39 is 0 Å². The standard InChI is InChI=1S/C9H11N5/c1-7-2-9(5-11-4-7)14-6-8(3-10)12-13-14/h2,4-6H,3,10H2,1H3. The average Bonchev–Trinajstić information content (AvgIpc) is 2.66. The van der Waals surface area contributed by atoms with Crippen molar-refractivity contribution in [2.45, 2.75) is 13.5 Å². The number of rotatable bonds is 2.